The molecule has 1 N–H and O–H groups in total. The molecule has 0 heterocycles. The predicted molar refractivity (Wildman–Crippen MR) is 108 cm³/mol. The zero-order valence-electron chi connectivity index (χ0n) is 16.7. The van der Waals surface area contributed by atoms with Gasteiger partial charge in [-0.3, -0.25) is 4.79 Å². The van der Waals surface area contributed by atoms with Gasteiger partial charge in [-0.15, -0.1) is 0 Å². The number of carbonyl (C=O) groups is 2. The summed E-state index contributed by atoms with van der Waals surface area (Å²) in [7, 11) is 6.02. The second-order valence-corrected chi connectivity index (χ2v) is 5.64. The van der Waals surface area contributed by atoms with E-state index in [4.69, 9.17) is 23.7 Å². The quantitative estimate of drug-likeness (QED) is 0.510. The molecule has 0 radical (unpaired) electrons. The lowest BCUT2D eigenvalue weighted by Crippen LogP contribution is -2.20. The number of carbonyl (C=O) groups excluding carboxylic acids is 2. The molecule has 29 heavy (non-hydrogen) atoms. The number of ether oxygens (including phenoxy) is 5. The average molecular weight is 401 g/mol. The van der Waals surface area contributed by atoms with Gasteiger partial charge in [-0.05, 0) is 24.3 Å². The zero-order chi connectivity index (χ0) is 21.2. The van der Waals surface area contributed by atoms with Gasteiger partial charge in [0, 0.05) is 17.7 Å². The Labute approximate surface area is 169 Å². The van der Waals surface area contributed by atoms with Crippen molar-refractivity contribution in [2.75, 3.05) is 40.4 Å². The van der Waals surface area contributed by atoms with Crippen LogP contribution in [0.15, 0.2) is 42.5 Å². The highest BCUT2D eigenvalue weighted by Crippen LogP contribution is 2.35. The topological polar surface area (TPSA) is 92.3 Å². The number of benzene rings is 2. The molecule has 0 aliphatic carbocycles. The minimum Gasteiger partial charge on any atom is -0.496 e. The van der Waals surface area contributed by atoms with Crippen LogP contribution in [0.3, 0.4) is 0 Å². The molecule has 0 atom stereocenters. The summed E-state index contributed by atoms with van der Waals surface area (Å²) in [5.41, 5.74) is 1.07. The molecule has 2 aromatic rings. The van der Waals surface area contributed by atoms with E-state index in [1.54, 1.807) is 36.4 Å². The summed E-state index contributed by atoms with van der Waals surface area (Å²) in [6.07, 6.45) is 2.70. The van der Waals surface area contributed by atoms with E-state index in [-0.39, 0.29) is 0 Å². The van der Waals surface area contributed by atoms with Gasteiger partial charge in [0.05, 0.1) is 34.1 Å². The first-order valence-electron chi connectivity index (χ1n) is 8.60. The van der Waals surface area contributed by atoms with Gasteiger partial charge in [-0.2, -0.15) is 0 Å². The summed E-state index contributed by atoms with van der Waals surface area (Å²) in [4.78, 5) is 24.0. The van der Waals surface area contributed by atoms with Gasteiger partial charge >= 0.3 is 5.97 Å². The number of anilines is 1. The van der Waals surface area contributed by atoms with Crippen molar-refractivity contribution in [3.05, 3.63) is 48.0 Å². The Balaban J connectivity index is 1.98. The van der Waals surface area contributed by atoms with E-state index >= 15 is 0 Å². The van der Waals surface area contributed by atoms with Crippen LogP contribution in [-0.2, 0) is 14.3 Å². The molecule has 2 aromatic carbocycles. The van der Waals surface area contributed by atoms with Crippen LogP contribution in [0.25, 0.3) is 6.08 Å². The molecule has 8 heteroatoms. The number of nitrogens with one attached hydrogen (secondary N) is 1. The van der Waals surface area contributed by atoms with E-state index in [2.05, 4.69) is 5.32 Å². The summed E-state index contributed by atoms with van der Waals surface area (Å²) in [5.74, 6) is 0.805. The zero-order valence-corrected chi connectivity index (χ0v) is 16.7. The summed E-state index contributed by atoms with van der Waals surface area (Å²) in [5, 5.41) is 2.62. The Morgan fingerprint density at radius 2 is 1.48 bits per heavy atom. The van der Waals surface area contributed by atoms with Crippen molar-refractivity contribution in [3.63, 3.8) is 0 Å². The van der Waals surface area contributed by atoms with Crippen LogP contribution in [0.2, 0.25) is 0 Å². The Bertz CT molecular complexity index is 893. The fourth-order valence-corrected chi connectivity index (χ4v) is 2.46. The van der Waals surface area contributed by atoms with Crippen LogP contribution in [0.5, 0.6) is 23.0 Å². The highest BCUT2D eigenvalue weighted by atomic mass is 16.5. The molecule has 0 bridgehead atoms. The second-order valence-electron chi connectivity index (χ2n) is 5.64. The normalized spacial score (nSPS) is 10.3. The van der Waals surface area contributed by atoms with E-state index < -0.39 is 18.5 Å². The van der Waals surface area contributed by atoms with Gasteiger partial charge in [0.25, 0.3) is 5.91 Å². The van der Waals surface area contributed by atoms with E-state index in [1.165, 1.54) is 40.6 Å². The molecule has 154 valence electrons. The minimum absolute atomic E-state index is 0.440. The molecule has 0 aromatic heterocycles. The molecule has 0 saturated carbocycles. The number of amides is 1. The number of para-hydroxylation sites is 2. The molecule has 0 unspecified atom stereocenters. The van der Waals surface area contributed by atoms with Gasteiger partial charge in [0.1, 0.15) is 11.5 Å². The number of hydrogen-bond donors (Lipinski definition) is 1. The first-order chi connectivity index (χ1) is 14.0. The van der Waals surface area contributed by atoms with Crippen molar-refractivity contribution in [3.8, 4) is 23.0 Å². The molecule has 1 amide bonds. The third-order valence-electron chi connectivity index (χ3n) is 3.86. The first kappa shape index (κ1) is 21.6. The first-order valence-corrected chi connectivity index (χ1v) is 8.60. The number of methoxy groups -OCH3 is 4. The minimum atomic E-state index is -0.683. The fourth-order valence-electron chi connectivity index (χ4n) is 2.46. The molecule has 0 fully saturated rings. The molecule has 0 saturated heterocycles. The fraction of sp³-hybridized carbons (Fsp3) is 0.238. The highest BCUT2D eigenvalue weighted by molar-refractivity contribution is 5.95. The van der Waals surface area contributed by atoms with E-state index in [0.717, 1.165) is 0 Å². The van der Waals surface area contributed by atoms with Crippen molar-refractivity contribution in [2.45, 2.75) is 0 Å². The largest absolute Gasteiger partial charge is 0.496 e. The lowest BCUT2D eigenvalue weighted by Gasteiger charge is -2.12. The molecule has 0 aliphatic heterocycles. The maximum atomic E-state index is 12.0. The standard InChI is InChI=1S/C21H23NO7/c1-25-16-8-6-5-7-15(16)22-20(23)13-29-21(24)10-9-14-11-18(27-3)19(28-4)12-17(14)26-2/h5-12H,13H2,1-4H3,(H,22,23)/b10-9+. The van der Waals surface area contributed by atoms with E-state index in [1.807, 2.05) is 0 Å². The van der Waals surface area contributed by atoms with Crippen molar-refractivity contribution in [1.82, 2.24) is 0 Å². The maximum absolute atomic E-state index is 12.0. The average Bonchev–Trinajstić information content (AvgIpc) is 2.75. The van der Waals surface area contributed by atoms with Crippen molar-refractivity contribution in [2.24, 2.45) is 0 Å². The highest BCUT2D eigenvalue weighted by Gasteiger charge is 2.12. The monoisotopic (exact) mass is 401 g/mol. The molecule has 8 nitrogen and oxygen atoms in total. The molecular weight excluding hydrogens is 378 g/mol. The third-order valence-corrected chi connectivity index (χ3v) is 3.86. The lowest BCUT2D eigenvalue weighted by molar-refractivity contribution is -0.142. The van der Waals surface area contributed by atoms with Gasteiger partial charge in [-0.25, -0.2) is 4.79 Å². The summed E-state index contributed by atoms with van der Waals surface area (Å²) < 4.78 is 25.9. The molecule has 0 aliphatic rings. The van der Waals surface area contributed by atoms with E-state index in [0.29, 0.717) is 34.2 Å². The Morgan fingerprint density at radius 3 is 2.14 bits per heavy atom. The number of rotatable bonds is 9. The van der Waals surface area contributed by atoms with Crippen LogP contribution >= 0.6 is 0 Å². The van der Waals surface area contributed by atoms with Crippen LogP contribution in [0.1, 0.15) is 5.56 Å². The van der Waals surface area contributed by atoms with Crippen molar-refractivity contribution >= 4 is 23.6 Å². The number of hydrogen-bond acceptors (Lipinski definition) is 7. The maximum Gasteiger partial charge on any atom is 0.331 e. The summed E-state index contributed by atoms with van der Waals surface area (Å²) in [6.45, 7) is -0.440. The lowest BCUT2D eigenvalue weighted by atomic mass is 10.1. The SMILES string of the molecule is COc1cc(OC)c(OC)cc1/C=C/C(=O)OCC(=O)Nc1ccccc1OC. The van der Waals surface area contributed by atoms with Crippen LogP contribution < -0.4 is 24.3 Å². The molecular formula is C21H23NO7. The Hall–Kier alpha value is -3.68. The second kappa shape index (κ2) is 10.6. The van der Waals surface area contributed by atoms with Gasteiger partial charge < -0.3 is 29.0 Å². The van der Waals surface area contributed by atoms with Crippen molar-refractivity contribution < 1.29 is 33.3 Å². The van der Waals surface area contributed by atoms with Crippen LogP contribution in [-0.4, -0.2) is 46.9 Å². The van der Waals surface area contributed by atoms with Gasteiger partial charge in [0.2, 0.25) is 0 Å². The summed E-state index contributed by atoms with van der Waals surface area (Å²) in [6, 6.07) is 10.2. The van der Waals surface area contributed by atoms with Crippen LogP contribution in [0.4, 0.5) is 5.69 Å². The van der Waals surface area contributed by atoms with Crippen molar-refractivity contribution in [1.29, 1.82) is 0 Å². The molecule has 2 rings (SSSR count). The smallest absolute Gasteiger partial charge is 0.331 e. The van der Waals surface area contributed by atoms with E-state index in [9.17, 15) is 9.59 Å². The molecule has 0 spiro atoms. The van der Waals surface area contributed by atoms with Gasteiger partial charge in [-0.1, -0.05) is 12.1 Å². The number of esters is 1. The Morgan fingerprint density at radius 1 is 0.862 bits per heavy atom. The Kier molecular flexibility index (Phi) is 7.90. The van der Waals surface area contributed by atoms with Gasteiger partial charge in [0.15, 0.2) is 18.1 Å². The van der Waals surface area contributed by atoms with Crippen LogP contribution in [0, 0.1) is 0 Å². The third kappa shape index (κ3) is 5.90. The summed E-state index contributed by atoms with van der Waals surface area (Å²) >= 11 is 0. The predicted octanol–water partition coefficient (Wildman–Crippen LogP) is 2.92.